The second-order valence-corrected chi connectivity index (χ2v) is 7.32. The van der Waals surface area contributed by atoms with Crippen LogP contribution in [0.2, 0.25) is 0 Å². The Kier molecular flexibility index (Phi) is 2.53. The molecule has 0 amide bonds. The Hall–Kier alpha value is -1.48. The smallest absolute Gasteiger partial charge is 0.142 e. The van der Waals surface area contributed by atoms with Crippen LogP contribution in [0.25, 0.3) is 0 Å². The summed E-state index contributed by atoms with van der Waals surface area (Å²) in [6.07, 6.45) is 6.31. The Balaban J connectivity index is 1.74. The van der Waals surface area contributed by atoms with Crippen molar-refractivity contribution in [3.05, 3.63) is 35.4 Å². The summed E-state index contributed by atoms with van der Waals surface area (Å²) in [5, 5.41) is 3.87. The molecule has 5 rings (SSSR count). The van der Waals surface area contributed by atoms with Crippen molar-refractivity contribution >= 4 is 5.69 Å². The van der Waals surface area contributed by atoms with Gasteiger partial charge in [-0.15, -0.1) is 0 Å². The van der Waals surface area contributed by atoms with E-state index in [1.807, 2.05) is 0 Å². The maximum Gasteiger partial charge on any atom is 0.142 e. The highest BCUT2D eigenvalue weighted by Crippen LogP contribution is 2.61. The van der Waals surface area contributed by atoms with Crippen LogP contribution in [0.3, 0.4) is 0 Å². The van der Waals surface area contributed by atoms with Gasteiger partial charge in [-0.1, -0.05) is 23.8 Å². The zero-order chi connectivity index (χ0) is 14.9. The van der Waals surface area contributed by atoms with Gasteiger partial charge in [-0.2, -0.15) is 0 Å². The second-order valence-electron chi connectivity index (χ2n) is 7.32. The van der Waals surface area contributed by atoms with Crippen molar-refractivity contribution in [2.24, 2.45) is 5.92 Å². The van der Waals surface area contributed by atoms with Gasteiger partial charge in [0.15, 0.2) is 0 Å². The van der Waals surface area contributed by atoms with E-state index >= 15 is 0 Å². The summed E-state index contributed by atoms with van der Waals surface area (Å²) in [5.74, 6) is 1.78. The fourth-order valence-electron chi connectivity index (χ4n) is 5.96. The minimum absolute atomic E-state index is 0.267. The number of hydrogen-bond acceptors (Lipinski definition) is 3. The number of methoxy groups -OCH3 is 1. The van der Waals surface area contributed by atoms with E-state index in [-0.39, 0.29) is 5.41 Å². The quantitative estimate of drug-likeness (QED) is 0.806. The zero-order valence-corrected chi connectivity index (χ0v) is 13.4. The standard InChI is InChI=1S/C19H24N2O/c1-3-13-12-7-9-21-10-8-19(18(13)21)14-5-4-6-15(22-2)17(14)20-16(19)11-12/h3-6,12,16,18,20H,7-11H2,1-2H3/t12-,16-,18-,19-/m1/s1. The number of hydrogen-bond donors (Lipinski definition) is 1. The summed E-state index contributed by atoms with van der Waals surface area (Å²) >= 11 is 0. The third-order valence-electron chi connectivity index (χ3n) is 6.76. The van der Waals surface area contributed by atoms with Crippen LogP contribution in [0.1, 0.15) is 31.7 Å². The summed E-state index contributed by atoms with van der Waals surface area (Å²) in [5.41, 5.74) is 4.74. The maximum absolute atomic E-state index is 5.64. The Morgan fingerprint density at radius 3 is 3.09 bits per heavy atom. The lowest BCUT2D eigenvalue weighted by molar-refractivity contribution is 0.124. The first-order chi connectivity index (χ1) is 10.8. The highest BCUT2D eigenvalue weighted by atomic mass is 16.5. The summed E-state index contributed by atoms with van der Waals surface area (Å²) in [7, 11) is 1.79. The third kappa shape index (κ3) is 1.32. The van der Waals surface area contributed by atoms with Crippen molar-refractivity contribution in [1.29, 1.82) is 0 Å². The number of allylic oxidation sites excluding steroid dienone is 1. The lowest BCUT2D eigenvalue weighted by Gasteiger charge is -2.52. The van der Waals surface area contributed by atoms with Crippen molar-refractivity contribution < 1.29 is 4.74 Å². The van der Waals surface area contributed by atoms with Gasteiger partial charge >= 0.3 is 0 Å². The van der Waals surface area contributed by atoms with Gasteiger partial charge in [-0.05, 0) is 56.8 Å². The van der Waals surface area contributed by atoms with E-state index < -0.39 is 0 Å². The van der Waals surface area contributed by atoms with Gasteiger partial charge in [-0.3, -0.25) is 4.90 Å². The molecule has 0 unspecified atom stereocenters. The van der Waals surface area contributed by atoms with Crippen LogP contribution < -0.4 is 10.1 Å². The van der Waals surface area contributed by atoms with Gasteiger partial charge in [-0.25, -0.2) is 0 Å². The van der Waals surface area contributed by atoms with Crippen LogP contribution in [-0.4, -0.2) is 37.2 Å². The van der Waals surface area contributed by atoms with Crippen LogP contribution in [-0.2, 0) is 5.41 Å². The molecule has 1 aromatic rings. The minimum Gasteiger partial charge on any atom is -0.495 e. The third-order valence-corrected chi connectivity index (χ3v) is 6.76. The molecule has 2 saturated heterocycles. The summed E-state index contributed by atoms with van der Waals surface area (Å²) in [6.45, 7) is 4.76. The normalized spacial score (nSPS) is 40.3. The van der Waals surface area contributed by atoms with E-state index in [2.05, 4.69) is 41.4 Å². The number of anilines is 1. The van der Waals surface area contributed by atoms with Crippen molar-refractivity contribution in [3.63, 3.8) is 0 Å². The predicted molar refractivity (Wildman–Crippen MR) is 88.5 cm³/mol. The van der Waals surface area contributed by atoms with E-state index in [0.717, 1.165) is 11.7 Å². The molecule has 3 aliphatic heterocycles. The molecule has 22 heavy (non-hydrogen) atoms. The number of nitrogens with zero attached hydrogens (tertiary/aromatic N) is 1. The molecule has 116 valence electrons. The van der Waals surface area contributed by atoms with Crippen molar-refractivity contribution in [2.45, 2.75) is 43.7 Å². The highest BCUT2D eigenvalue weighted by molar-refractivity contribution is 5.72. The van der Waals surface area contributed by atoms with Crippen molar-refractivity contribution in [3.8, 4) is 5.75 Å². The molecule has 0 aromatic heterocycles. The molecular weight excluding hydrogens is 272 g/mol. The van der Waals surface area contributed by atoms with Gasteiger partial charge < -0.3 is 10.1 Å². The van der Waals surface area contributed by atoms with E-state index in [9.17, 15) is 0 Å². The van der Waals surface area contributed by atoms with E-state index in [0.29, 0.717) is 12.1 Å². The van der Waals surface area contributed by atoms with Crippen LogP contribution in [0.15, 0.2) is 29.8 Å². The van der Waals surface area contributed by atoms with E-state index in [1.54, 1.807) is 12.7 Å². The molecule has 1 saturated carbocycles. The van der Waals surface area contributed by atoms with Gasteiger partial charge in [0.25, 0.3) is 0 Å². The Morgan fingerprint density at radius 2 is 2.27 bits per heavy atom. The predicted octanol–water partition coefficient (Wildman–Crippen LogP) is 3.17. The van der Waals surface area contributed by atoms with Crippen molar-refractivity contribution in [2.75, 3.05) is 25.5 Å². The van der Waals surface area contributed by atoms with Gasteiger partial charge in [0.05, 0.1) is 12.8 Å². The van der Waals surface area contributed by atoms with Gasteiger partial charge in [0, 0.05) is 17.5 Å². The first-order valence-electron chi connectivity index (χ1n) is 8.63. The van der Waals surface area contributed by atoms with Gasteiger partial charge in [0.2, 0.25) is 0 Å². The molecule has 3 nitrogen and oxygen atoms in total. The first-order valence-corrected chi connectivity index (χ1v) is 8.63. The SMILES string of the molecule is CC=C1[C@@H]2CCN3CC[C@]4(c5cccc(OC)c5N[C@@H]4C2)[C@@H]13. The molecule has 2 bridgehead atoms. The fraction of sp³-hybridized carbons (Fsp3) is 0.579. The van der Waals surface area contributed by atoms with E-state index in [4.69, 9.17) is 4.74 Å². The topological polar surface area (TPSA) is 24.5 Å². The summed E-state index contributed by atoms with van der Waals surface area (Å²) in [4.78, 5) is 2.74. The molecule has 1 spiro atoms. The number of para-hydroxylation sites is 1. The summed E-state index contributed by atoms with van der Waals surface area (Å²) < 4.78 is 5.64. The molecule has 1 aromatic carbocycles. The number of nitrogens with one attached hydrogen (secondary N) is 1. The van der Waals surface area contributed by atoms with Crippen LogP contribution in [0.4, 0.5) is 5.69 Å². The Labute approximate surface area is 132 Å². The molecule has 1 aliphatic carbocycles. The zero-order valence-electron chi connectivity index (χ0n) is 13.4. The molecular formula is C19H24N2O. The average Bonchev–Trinajstić information content (AvgIpc) is 3.10. The molecule has 4 aliphatic rings. The van der Waals surface area contributed by atoms with Crippen LogP contribution in [0, 0.1) is 5.92 Å². The van der Waals surface area contributed by atoms with Gasteiger partial charge in [0.1, 0.15) is 5.75 Å². The molecule has 3 heteroatoms. The van der Waals surface area contributed by atoms with Crippen LogP contribution >= 0.6 is 0 Å². The maximum atomic E-state index is 5.64. The molecule has 0 radical (unpaired) electrons. The number of fused-ring (bicyclic) bond motifs is 2. The average molecular weight is 296 g/mol. The lowest BCUT2D eigenvalue weighted by Crippen LogP contribution is -2.58. The number of ether oxygens (including phenoxy) is 1. The highest BCUT2D eigenvalue weighted by Gasteiger charge is 2.63. The Morgan fingerprint density at radius 1 is 1.36 bits per heavy atom. The fourth-order valence-corrected chi connectivity index (χ4v) is 5.96. The summed E-state index contributed by atoms with van der Waals surface area (Å²) in [6, 6.07) is 7.79. The number of benzene rings is 1. The molecule has 3 heterocycles. The monoisotopic (exact) mass is 296 g/mol. The number of rotatable bonds is 1. The molecule has 4 atom stereocenters. The molecule has 1 N–H and O–H groups in total. The minimum atomic E-state index is 0.267. The first kappa shape index (κ1) is 13.0. The van der Waals surface area contributed by atoms with Crippen molar-refractivity contribution in [1.82, 2.24) is 4.90 Å². The second kappa shape index (κ2) is 4.29. The molecule has 3 fully saturated rings. The largest absolute Gasteiger partial charge is 0.495 e. The Bertz CT molecular complexity index is 667. The van der Waals surface area contributed by atoms with Crippen LogP contribution in [0.5, 0.6) is 5.75 Å². The van der Waals surface area contributed by atoms with E-state index in [1.165, 1.54) is 43.6 Å². The lowest BCUT2D eigenvalue weighted by atomic mass is 9.58. The number of piperidine rings is 1.